The summed E-state index contributed by atoms with van der Waals surface area (Å²) in [6.45, 7) is 0. The summed E-state index contributed by atoms with van der Waals surface area (Å²) >= 11 is 0. The fourth-order valence-electron chi connectivity index (χ4n) is 6.29. The van der Waals surface area contributed by atoms with Gasteiger partial charge in [-0.2, -0.15) is 0 Å². The molecule has 0 nitrogen and oxygen atoms in total. The van der Waals surface area contributed by atoms with Gasteiger partial charge < -0.3 is 0 Å². The highest BCUT2D eigenvalue weighted by atomic mass is 31.1. The van der Waals surface area contributed by atoms with Crippen LogP contribution in [0.5, 0.6) is 0 Å². The summed E-state index contributed by atoms with van der Waals surface area (Å²) in [6.07, 6.45) is 23.6. The molecule has 3 fully saturated rings. The highest BCUT2D eigenvalue weighted by Gasteiger charge is 2.36. The van der Waals surface area contributed by atoms with Crippen molar-refractivity contribution in [2.24, 2.45) is 0 Å². The van der Waals surface area contributed by atoms with Crippen LogP contribution in [0.2, 0.25) is 0 Å². The van der Waals surface area contributed by atoms with Gasteiger partial charge in [-0.3, -0.25) is 0 Å². The van der Waals surface area contributed by atoms with Crippen LogP contribution >= 0.6 is 7.92 Å². The number of hydrogen-bond acceptors (Lipinski definition) is 0. The first-order chi connectivity index (χ1) is 15.4. The molecule has 3 saturated carbocycles. The first-order valence-corrected chi connectivity index (χ1v) is 14.8. The Bertz CT molecular complexity index is 626. The summed E-state index contributed by atoms with van der Waals surface area (Å²) in [6, 6.07) is 20.8. The van der Waals surface area contributed by atoms with Crippen LogP contribution in [0.1, 0.15) is 96.3 Å². The molecule has 0 amide bonds. The van der Waals surface area contributed by atoms with Crippen molar-refractivity contribution < 1.29 is 0 Å². The molecule has 0 radical (unpaired) electrons. The lowest BCUT2D eigenvalue weighted by molar-refractivity contribution is 0.460. The van der Waals surface area contributed by atoms with E-state index in [0.29, 0.717) is 7.92 Å². The molecule has 31 heavy (non-hydrogen) atoms. The van der Waals surface area contributed by atoms with E-state index < -0.39 is 0 Å². The van der Waals surface area contributed by atoms with Crippen LogP contribution in [-0.4, -0.2) is 17.0 Å². The van der Waals surface area contributed by atoms with Crippen LogP contribution in [0, 0.1) is 0 Å². The van der Waals surface area contributed by atoms with Crippen molar-refractivity contribution in [1.82, 2.24) is 0 Å². The van der Waals surface area contributed by atoms with E-state index in [2.05, 4.69) is 48.5 Å². The zero-order valence-corrected chi connectivity index (χ0v) is 20.5. The molecule has 3 aliphatic carbocycles. The molecular weight excluding hydrogens is 391 g/mol. The van der Waals surface area contributed by atoms with Gasteiger partial charge in [-0.1, -0.05) is 126 Å². The van der Waals surface area contributed by atoms with Gasteiger partial charge in [-0.05, 0) is 66.6 Å². The standard InChI is InChI=1S/C18H33P.C12H10/c1-4-10-16(11-5-1)19(17-12-6-2-7-13-17)18-14-8-3-9-15-18;1-3-7-11(8-4-1)12-9-5-2-6-10-12/h16-18H,1-15H2;1-10H. The van der Waals surface area contributed by atoms with Gasteiger partial charge in [-0.15, -0.1) is 0 Å². The maximum absolute atomic E-state index is 2.12. The van der Waals surface area contributed by atoms with Gasteiger partial charge in [0.15, 0.2) is 0 Å². The van der Waals surface area contributed by atoms with Crippen LogP contribution in [0.4, 0.5) is 0 Å². The molecule has 1 heteroatoms. The van der Waals surface area contributed by atoms with E-state index in [9.17, 15) is 0 Å². The largest absolute Gasteiger partial charge is 0.0971 e. The summed E-state index contributed by atoms with van der Waals surface area (Å²) in [5.41, 5.74) is 6.12. The Balaban J connectivity index is 0.000000166. The fraction of sp³-hybridized carbons (Fsp3) is 0.600. The van der Waals surface area contributed by atoms with E-state index >= 15 is 0 Å². The summed E-state index contributed by atoms with van der Waals surface area (Å²) in [5, 5.41) is 0. The van der Waals surface area contributed by atoms with E-state index in [4.69, 9.17) is 0 Å². The Kier molecular flexibility index (Phi) is 9.51. The van der Waals surface area contributed by atoms with Crippen molar-refractivity contribution in [3.63, 3.8) is 0 Å². The Hall–Kier alpha value is -1.13. The Morgan fingerprint density at radius 1 is 0.387 bits per heavy atom. The van der Waals surface area contributed by atoms with Crippen LogP contribution < -0.4 is 0 Å². The maximum atomic E-state index is 2.12. The van der Waals surface area contributed by atoms with Crippen LogP contribution in [0.15, 0.2) is 60.7 Å². The highest BCUT2D eigenvalue weighted by Crippen LogP contribution is 2.61. The Labute approximate surface area is 193 Å². The molecule has 0 heterocycles. The van der Waals surface area contributed by atoms with Gasteiger partial charge in [-0.25, -0.2) is 0 Å². The molecular formula is C30H43P. The zero-order valence-electron chi connectivity index (χ0n) is 19.6. The van der Waals surface area contributed by atoms with E-state index in [1.807, 2.05) is 12.1 Å². The molecule has 2 aromatic rings. The number of benzene rings is 2. The lowest BCUT2D eigenvalue weighted by atomic mass is 9.99. The molecule has 3 aliphatic rings. The predicted octanol–water partition coefficient (Wildman–Crippen LogP) is 9.82. The lowest BCUT2D eigenvalue weighted by Gasteiger charge is -2.44. The average Bonchev–Trinajstić information content (AvgIpc) is 2.88. The van der Waals surface area contributed by atoms with E-state index in [0.717, 1.165) is 0 Å². The first-order valence-electron chi connectivity index (χ1n) is 13.3. The molecule has 0 atom stereocenters. The summed E-state index contributed by atoms with van der Waals surface area (Å²) in [4.78, 5) is 0. The van der Waals surface area contributed by atoms with E-state index in [1.165, 1.54) is 47.4 Å². The van der Waals surface area contributed by atoms with Crippen molar-refractivity contribution >= 4 is 7.92 Å². The van der Waals surface area contributed by atoms with Gasteiger partial charge in [0.2, 0.25) is 0 Å². The summed E-state index contributed by atoms with van der Waals surface area (Å²) in [5.74, 6) is 0. The molecule has 0 aliphatic heterocycles. The van der Waals surface area contributed by atoms with Crippen molar-refractivity contribution in [2.75, 3.05) is 0 Å². The third-order valence-corrected chi connectivity index (χ3v) is 11.9. The van der Waals surface area contributed by atoms with E-state index in [-0.39, 0.29) is 0 Å². The first kappa shape index (κ1) is 23.0. The molecule has 0 spiro atoms. The summed E-state index contributed by atoms with van der Waals surface area (Å²) in [7, 11) is 0.385. The van der Waals surface area contributed by atoms with Crippen LogP contribution in [-0.2, 0) is 0 Å². The number of hydrogen-bond donors (Lipinski definition) is 0. The molecule has 168 valence electrons. The topological polar surface area (TPSA) is 0 Å². The summed E-state index contributed by atoms with van der Waals surface area (Å²) < 4.78 is 0. The molecule has 0 N–H and O–H groups in total. The van der Waals surface area contributed by atoms with Gasteiger partial charge in [0.1, 0.15) is 0 Å². The zero-order chi connectivity index (χ0) is 21.1. The quantitative estimate of drug-likeness (QED) is 0.420. The van der Waals surface area contributed by atoms with Gasteiger partial charge in [0.25, 0.3) is 0 Å². The third-order valence-electron chi connectivity index (χ3n) is 7.87. The second-order valence-electron chi connectivity index (χ2n) is 10.1. The molecule has 0 unspecified atom stereocenters. The average molecular weight is 435 g/mol. The van der Waals surface area contributed by atoms with Crippen molar-refractivity contribution in [1.29, 1.82) is 0 Å². The van der Waals surface area contributed by atoms with Gasteiger partial charge in [0, 0.05) is 0 Å². The van der Waals surface area contributed by atoms with Crippen LogP contribution in [0.25, 0.3) is 11.1 Å². The molecule has 0 aromatic heterocycles. The normalized spacial score (nSPS) is 21.5. The minimum absolute atomic E-state index is 0.385. The van der Waals surface area contributed by atoms with Crippen molar-refractivity contribution in [3.8, 4) is 11.1 Å². The van der Waals surface area contributed by atoms with E-state index in [1.54, 1.807) is 77.0 Å². The fourth-order valence-corrected chi connectivity index (χ4v) is 11.0. The van der Waals surface area contributed by atoms with Crippen molar-refractivity contribution in [3.05, 3.63) is 60.7 Å². The third kappa shape index (κ3) is 6.92. The Morgan fingerprint density at radius 3 is 0.968 bits per heavy atom. The lowest BCUT2D eigenvalue weighted by Crippen LogP contribution is -2.28. The molecule has 5 rings (SSSR count). The van der Waals surface area contributed by atoms with Gasteiger partial charge in [0.05, 0.1) is 0 Å². The van der Waals surface area contributed by atoms with Gasteiger partial charge >= 0.3 is 0 Å². The molecule has 2 aromatic carbocycles. The molecule has 0 bridgehead atoms. The number of rotatable bonds is 4. The minimum Gasteiger partial charge on any atom is -0.0971 e. The second-order valence-corrected chi connectivity index (χ2v) is 13.1. The SMILES string of the molecule is C1CCC(P(C2CCCCC2)C2CCCCC2)CC1.c1ccc(-c2ccccc2)cc1. The molecule has 0 saturated heterocycles. The van der Waals surface area contributed by atoms with Crippen LogP contribution in [0.3, 0.4) is 0 Å². The smallest absolute Gasteiger partial charge is 0.0184 e. The maximum Gasteiger partial charge on any atom is -0.0184 e. The Morgan fingerprint density at radius 2 is 0.677 bits per heavy atom. The monoisotopic (exact) mass is 434 g/mol. The second kappa shape index (κ2) is 12.8. The van der Waals surface area contributed by atoms with Crippen molar-refractivity contribution in [2.45, 2.75) is 113 Å². The highest BCUT2D eigenvalue weighted by molar-refractivity contribution is 7.60. The predicted molar refractivity (Wildman–Crippen MR) is 139 cm³/mol. The minimum atomic E-state index is 0.385.